The van der Waals surface area contributed by atoms with E-state index in [4.69, 9.17) is 0 Å². The summed E-state index contributed by atoms with van der Waals surface area (Å²) in [7, 11) is -1.51. The molecule has 8 nitrogen and oxygen atoms in total. The Balaban J connectivity index is 1.93. The number of hydrazine groups is 1. The van der Waals surface area contributed by atoms with Crippen LogP contribution in [0.1, 0.15) is 6.92 Å². The Morgan fingerprint density at radius 1 is 1.29 bits per heavy atom. The molecule has 120 valence electrons. The topological polar surface area (TPSA) is 82.5 Å². The third-order valence-electron chi connectivity index (χ3n) is 3.44. The number of piperazine rings is 1. The van der Waals surface area contributed by atoms with Gasteiger partial charge in [-0.1, -0.05) is 6.92 Å². The summed E-state index contributed by atoms with van der Waals surface area (Å²) in [5, 5.41) is 9.01. The Morgan fingerprint density at radius 3 is 2.67 bits per heavy atom. The van der Waals surface area contributed by atoms with Gasteiger partial charge in [-0.05, 0) is 13.6 Å². The Kier molecular flexibility index (Phi) is 5.71. The van der Waals surface area contributed by atoms with Crippen molar-refractivity contribution in [3.63, 3.8) is 0 Å². The van der Waals surface area contributed by atoms with Crippen molar-refractivity contribution in [1.29, 1.82) is 0 Å². The molecular formula is C12H24N6O2S. The molecule has 2 heterocycles. The molecule has 0 unspecified atom stereocenters. The van der Waals surface area contributed by atoms with Crippen LogP contribution in [0, 0.1) is 0 Å². The summed E-state index contributed by atoms with van der Waals surface area (Å²) in [4.78, 5) is 5.00. The molecule has 0 amide bonds. The normalized spacial score (nSPS) is 18.2. The molecule has 2 N–H and O–H groups in total. The highest BCUT2D eigenvalue weighted by Crippen LogP contribution is 2.08. The minimum Gasteiger partial charge on any atom is -0.315 e. The highest BCUT2D eigenvalue weighted by atomic mass is 32.2. The number of likely N-dealkylation sites (N-methyl/N-ethyl adjacent to an activating group) is 2. The van der Waals surface area contributed by atoms with Crippen LogP contribution in [-0.4, -0.2) is 74.4 Å². The molecule has 1 aromatic rings. The maximum atomic E-state index is 12.3. The molecule has 9 heteroatoms. The van der Waals surface area contributed by atoms with E-state index in [1.165, 1.54) is 6.20 Å². The smallest absolute Gasteiger partial charge is 0.256 e. The third-order valence-corrected chi connectivity index (χ3v) is 4.77. The van der Waals surface area contributed by atoms with Gasteiger partial charge in [0.2, 0.25) is 0 Å². The van der Waals surface area contributed by atoms with Crippen molar-refractivity contribution < 1.29 is 8.42 Å². The largest absolute Gasteiger partial charge is 0.315 e. The fraction of sp³-hybridized carbons (Fsp3) is 0.750. The highest BCUT2D eigenvalue weighted by Gasteiger charge is 2.22. The maximum absolute atomic E-state index is 12.3. The molecule has 1 aromatic heterocycles. The molecule has 1 aliphatic rings. The molecule has 0 saturated carbocycles. The number of hydrogen-bond donors (Lipinski definition) is 2. The van der Waals surface area contributed by atoms with Gasteiger partial charge in [0.05, 0.1) is 12.7 Å². The van der Waals surface area contributed by atoms with Crippen LogP contribution in [-0.2, 0) is 16.6 Å². The zero-order valence-electron chi connectivity index (χ0n) is 12.6. The van der Waals surface area contributed by atoms with Crippen molar-refractivity contribution in [2.75, 3.05) is 46.3 Å². The molecule has 0 bridgehead atoms. The van der Waals surface area contributed by atoms with Gasteiger partial charge >= 0.3 is 0 Å². The van der Waals surface area contributed by atoms with Crippen molar-refractivity contribution in [3.8, 4) is 0 Å². The van der Waals surface area contributed by atoms with Crippen LogP contribution in [0.25, 0.3) is 0 Å². The molecule has 0 atom stereocenters. The van der Waals surface area contributed by atoms with Crippen LogP contribution in [0.15, 0.2) is 17.3 Å². The van der Waals surface area contributed by atoms with Crippen LogP contribution in [0.2, 0.25) is 0 Å². The fourth-order valence-corrected chi connectivity index (χ4v) is 3.17. The summed E-state index contributed by atoms with van der Waals surface area (Å²) in [6, 6.07) is 0. The van der Waals surface area contributed by atoms with Crippen molar-refractivity contribution in [1.82, 2.24) is 29.8 Å². The number of nitrogens with one attached hydrogen (secondary N) is 2. The molecule has 21 heavy (non-hydrogen) atoms. The summed E-state index contributed by atoms with van der Waals surface area (Å²) in [5.41, 5.74) is 0. The Bertz CT molecular complexity index is 536. The second-order valence-electron chi connectivity index (χ2n) is 5.18. The number of hydrogen-bond acceptors (Lipinski definition) is 6. The summed E-state index contributed by atoms with van der Waals surface area (Å²) >= 11 is 0. The number of aromatic nitrogens is 2. The van der Waals surface area contributed by atoms with E-state index < -0.39 is 10.0 Å². The minimum atomic E-state index is -3.53. The van der Waals surface area contributed by atoms with E-state index in [1.807, 2.05) is 14.0 Å². The van der Waals surface area contributed by atoms with E-state index in [9.17, 15) is 8.42 Å². The summed E-state index contributed by atoms with van der Waals surface area (Å²) in [6.07, 6.45) is 2.96. The first-order chi connectivity index (χ1) is 10.0. The molecule has 1 fully saturated rings. The van der Waals surface area contributed by atoms with Gasteiger partial charge in [-0.2, -0.15) is 5.10 Å². The van der Waals surface area contributed by atoms with E-state index in [-0.39, 0.29) is 4.90 Å². The van der Waals surface area contributed by atoms with Crippen molar-refractivity contribution in [3.05, 3.63) is 12.4 Å². The lowest BCUT2D eigenvalue weighted by Crippen LogP contribution is -2.52. The van der Waals surface area contributed by atoms with Crippen molar-refractivity contribution >= 4 is 10.0 Å². The van der Waals surface area contributed by atoms with Gasteiger partial charge in [-0.15, -0.1) is 4.83 Å². The lowest BCUT2D eigenvalue weighted by atomic mass is 10.4. The molecule has 1 saturated heterocycles. The zero-order chi connectivity index (χ0) is 15.3. The summed E-state index contributed by atoms with van der Waals surface area (Å²) in [6.45, 7) is 7.40. The molecule has 1 aliphatic heterocycles. The van der Waals surface area contributed by atoms with Gasteiger partial charge in [-0.25, -0.2) is 13.4 Å². The second kappa shape index (κ2) is 7.32. The molecule has 2 rings (SSSR count). The molecule has 0 spiro atoms. The first-order valence-corrected chi connectivity index (χ1v) is 8.68. The van der Waals surface area contributed by atoms with Gasteiger partial charge in [-0.3, -0.25) is 4.68 Å². The van der Waals surface area contributed by atoms with Crippen LogP contribution in [0.3, 0.4) is 0 Å². The van der Waals surface area contributed by atoms with Crippen molar-refractivity contribution in [2.24, 2.45) is 0 Å². The third kappa shape index (κ3) is 4.75. The highest BCUT2D eigenvalue weighted by molar-refractivity contribution is 7.89. The molecular weight excluding hydrogens is 292 g/mol. The number of nitrogens with zero attached hydrogens (tertiary/aromatic N) is 4. The predicted octanol–water partition coefficient (Wildman–Crippen LogP) is -1.07. The Hall–Kier alpha value is -1.00. The van der Waals surface area contributed by atoms with E-state index in [0.29, 0.717) is 19.6 Å². The van der Waals surface area contributed by atoms with Crippen LogP contribution < -0.4 is 10.1 Å². The van der Waals surface area contributed by atoms with Gasteiger partial charge in [0.1, 0.15) is 4.90 Å². The number of sulfonamides is 1. The Morgan fingerprint density at radius 2 is 2.00 bits per heavy atom. The van der Waals surface area contributed by atoms with Crippen LogP contribution in [0.4, 0.5) is 0 Å². The quantitative estimate of drug-likeness (QED) is 0.624. The average Bonchev–Trinajstić information content (AvgIpc) is 2.91. The van der Waals surface area contributed by atoms with Gasteiger partial charge in [0.15, 0.2) is 0 Å². The van der Waals surface area contributed by atoms with Gasteiger partial charge < -0.3 is 10.2 Å². The van der Waals surface area contributed by atoms with Gasteiger partial charge in [0.25, 0.3) is 10.0 Å². The van der Waals surface area contributed by atoms with E-state index in [2.05, 4.69) is 20.1 Å². The summed E-state index contributed by atoms with van der Waals surface area (Å²) in [5.74, 6) is 0. The SMILES string of the molecule is CCNCCn1cc(S(=O)(=O)NN2CCN(C)CC2)cn1. The minimum absolute atomic E-state index is 0.206. The van der Waals surface area contributed by atoms with Crippen LogP contribution >= 0.6 is 0 Å². The molecule has 0 aliphatic carbocycles. The zero-order valence-corrected chi connectivity index (χ0v) is 13.4. The summed E-state index contributed by atoms with van der Waals surface area (Å²) < 4.78 is 26.2. The van der Waals surface area contributed by atoms with Crippen LogP contribution in [0.5, 0.6) is 0 Å². The second-order valence-corrected chi connectivity index (χ2v) is 6.84. The first-order valence-electron chi connectivity index (χ1n) is 7.20. The van der Waals surface area contributed by atoms with E-state index in [0.717, 1.165) is 26.2 Å². The maximum Gasteiger partial charge on any atom is 0.256 e. The van der Waals surface area contributed by atoms with Crippen molar-refractivity contribution in [2.45, 2.75) is 18.4 Å². The van der Waals surface area contributed by atoms with Gasteiger partial charge in [0, 0.05) is 38.9 Å². The fourth-order valence-electron chi connectivity index (χ4n) is 2.10. The lowest BCUT2D eigenvalue weighted by Gasteiger charge is -2.31. The number of rotatable bonds is 7. The first kappa shape index (κ1) is 16.4. The predicted molar refractivity (Wildman–Crippen MR) is 80.2 cm³/mol. The molecule has 0 aromatic carbocycles. The van der Waals surface area contributed by atoms with E-state index >= 15 is 0 Å². The standard InChI is InChI=1S/C12H24N6O2S/c1-3-13-4-5-18-11-12(10-14-18)21(19,20)15-17-8-6-16(2)7-9-17/h10-11,13,15H,3-9H2,1-2H3. The lowest BCUT2D eigenvalue weighted by molar-refractivity contribution is 0.135. The average molecular weight is 316 g/mol. The monoisotopic (exact) mass is 316 g/mol. The van der Waals surface area contributed by atoms with E-state index in [1.54, 1.807) is 15.9 Å². The molecule has 0 radical (unpaired) electrons. The Labute approximate surface area is 126 Å².